The van der Waals surface area contributed by atoms with Gasteiger partial charge in [-0.15, -0.1) is 0 Å². The lowest BCUT2D eigenvalue weighted by Crippen LogP contribution is -2.35. The van der Waals surface area contributed by atoms with Crippen molar-refractivity contribution in [1.29, 1.82) is 0 Å². The first-order chi connectivity index (χ1) is 8.88. The molecule has 0 aliphatic carbocycles. The van der Waals surface area contributed by atoms with E-state index in [-0.39, 0.29) is 23.2 Å². The van der Waals surface area contributed by atoms with E-state index in [4.69, 9.17) is 0 Å². The molecule has 1 fully saturated rings. The molecule has 2 rings (SSSR count). The first kappa shape index (κ1) is 13.9. The second-order valence-electron chi connectivity index (χ2n) is 4.67. The van der Waals surface area contributed by atoms with E-state index in [1.807, 2.05) is 0 Å². The second-order valence-corrected chi connectivity index (χ2v) is 4.67. The molecule has 0 spiro atoms. The Morgan fingerprint density at radius 3 is 2.74 bits per heavy atom. The number of alkyl halides is 3. The van der Waals surface area contributed by atoms with Crippen LogP contribution in [0, 0.1) is 6.92 Å². The summed E-state index contributed by atoms with van der Waals surface area (Å²) in [4.78, 5) is 11.8. The molecular weight excluding hydrogens is 257 g/mol. The molecule has 19 heavy (non-hydrogen) atoms. The van der Waals surface area contributed by atoms with Crippen LogP contribution >= 0.6 is 0 Å². The van der Waals surface area contributed by atoms with Crippen molar-refractivity contribution in [2.45, 2.75) is 32.0 Å². The SMILES string of the molecule is Cc1ccc(NC(=O)C2CCCN2)cc1C(F)(F)F. The van der Waals surface area contributed by atoms with Gasteiger partial charge < -0.3 is 10.6 Å². The Labute approximate surface area is 109 Å². The average Bonchev–Trinajstić information content (AvgIpc) is 2.83. The number of nitrogens with one attached hydrogen (secondary N) is 2. The number of benzene rings is 1. The second kappa shape index (κ2) is 5.21. The largest absolute Gasteiger partial charge is 0.416 e. The summed E-state index contributed by atoms with van der Waals surface area (Å²) in [5.74, 6) is -0.283. The summed E-state index contributed by atoms with van der Waals surface area (Å²) in [5.41, 5.74) is -0.397. The third kappa shape index (κ3) is 3.26. The highest BCUT2D eigenvalue weighted by Crippen LogP contribution is 2.33. The van der Waals surface area contributed by atoms with Crippen LogP contribution in [0.25, 0.3) is 0 Å². The summed E-state index contributed by atoms with van der Waals surface area (Å²) in [6.07, 6.45) is -2.79. The molecule has 1 heterocycles. The first-order valence-electron chi connectivity index (χ1n) is 6.10. The van der Waals surface area contributed by atoms with Gasteiger partial charge in [0.1, 0.15) is 0 Å². The standard InChI is InChI=1S/C13H15F3N2O/c1-8-4-5-9(7-10(8)13(14,15)16)18-12(19)11-3-2-6-17-11/h4-5,7,11,17H,2-3,6H2,1H3,(H,18,19). The van der Waals surface area contributed by atoms with E-state index < -0.39 is 11.7 Å². The third-order valence-electron chi connectivity index (χ3n) is 3.19. The molecule has 0 bridgehead atoms. The zero-order valence-electron chi connectivity index (χ0n) is 10.5. The zero-order valence-corrected chi connectivity index (χ0v) is 10.5. The summed E-state index contributed by atoms with van der Waals surface area (Å²) in [6, 6.07) is 3.51. The van der Waals surface area contributed by atoms with Gasteiger partial charge in [-0.1, -0.05) is 6.07 Å². The third-order valence-corrected chi connectivity index (χ3v) is 3.19. The Morgan fingerprint density at radius 1 is 1.42 bits per heavy atom. The molecule has 1 atom stereocenters. The number of anilines is 1. The van der Waals surface area contributed by atoms with E-state index >= 15 is 0 Å². The van der Waals surface area contributed by atoms with E-state index in [0.29, 0.717) is 6.42 Å². The predicted octanol–water partition coefficient (Wildman–Crippen LogP) is 2.70. The Balaban J connectivity index is 2.15. The van der Waals surface area contributed by atoms with Crippen molar-refractivity contribution >= 4 is 11.6 Å². The fourth-order valence-electron chi connectivity index (χ4n) is 2.14. The Bertz CT molecular complexity index is 479. The lowest BCUT2D eigenvalue weighted by Gasteiger charge is -2.14. The van der Waals surface area contributed by atoms with Crippen LogP contribution < -0.4 is 10.6 Å². The topological polar surface area (TPSA) is 41.1 Å². The van der Waals surface area contributed by atoms with E-state index in [0.717, 1.165) is 19.0 Å². The van der Waals surface area contributed by atoms with Gasteiger partial charge in [-0.3, -0.25) is 4.79 Å². The van der Waals surface area contributed by atoms with Crippen LogP contribution in [0.4, 0.5) is 18.9 Å². The maximum atomic E-state index is 12.7. The van der Waals surface area contributed by atoms with Crippen LogP contribution in [-0.4, -0.2) is 18.5 Å². The number of halogens is 3. The summed E-state index contributed by atoms with van der Waals surface area (Å²) >= 11 is 0. The van der Waals surface area contributed by atoms with Gasteiger partial charge in [-0.2, -0.15) is 13.2 Å². The van der Waals surface area contributed by atoms with Crippen LogP contribution in [0.2, 0.25) is 0 Å². The van der Waals surface area contributed by atoms with Gasteiger partial charge in [0, 0.05) is 5.69 Å². The smallest absolute Gasteiger partial charge is 0.325 e. The fourth-order valence-corrected chi connectivity index (χ4v) is 2.14. The molecule has 1 aliphatic heterocycles. The van der Waals surface area contributed by atoms with Gasteiger partial charge in [-0.25, -0.2) is 0 Å². The van der Waals surface area contributed by atoms with Gasteiger partial charge in [0.25, 0.3) is 0 Å². The van der Waals surface area contributed by atoms with E-state index in [1.165, 1.54) is 19.1 Å². The molecule has 1 saturated heterocycles. The molecular formula is C13H15F3N2O. The van der Waals surface area contributed by atoms with Gasteiger partial charge >= 0.3 is 6.18 Å². The van der Waals surface area contributed by atoms with Gasteiger partial charge in [0.15, 0.2) is 0 Å². The van der Waals surface area contributed by atoms with Crippen LogP contribution in [0.15, 0.2) is 18.2 Å². The van der Waals surface area contributed by atoms with E-state index in [9.17, 15) is 18.0 Å². The monoisotopic (exact) mass is 272 g/mol. The molecule has 104 valence electrons. The minimum atomic E-state index is -4.41. The Morgan fingerprint density at radius 2 is 2.16 bits per heavy atom. The molecule has 1 aliphatic rings. The molecule has 0 saturated carbocycles. The number of rotatable bonds is 2. The van der Waals surface area contributed by atoms with E-state index in [2.05, 4.69) is 10.6 Å². The number of hydrogen-bond donors (Lipinski definition) is 2. The highest BCUT2D eigenvalue weighted by atomic mass is 19.4. The first-order valence-corrected chi connectivity index (χ1v) is 6.10. The molecule has 2 N–H and O–H groups in total. The van der Waals surface area contributed by atoms with Crippen molar-refractivity contribution in [2.24, 2.45) is 0 Å². The maximum Gasteiger partial charge on any atom is 0.416 e. The summed E-state index contributed by atoms with van der Waals surface area (Å²) in [5, 5.41) is 5.52. The van der Waals surface area contributed by atoms with Crippen LogP contribution in [-0.2, 0) is 11.0 Å². The molecule has 0 aromatic heterocycles. The van der Waals surface area contributed by atoms with Gasteiger partial charge in [0.2, 0.25) is 5.91 Å². The Hall–Kier alpha value is -1.56. The van der Waals surface area contributed by atoms with Crippen molar-refractivity contribution in [1.82, 2.24) is 5.32 Å². The number of aryl methyl sites for hydroxylation is 1. The fraction of sp³-hybridized carbons (Fsp3) is 0.462. The summed E-state index contributed by atoms with van der Waals surface area (Å²) in [6.45, 7) is 2.16. The molecule has 1 aromatic rings. The quantitative estimate of drug-likeness (QED) is 0.869. The maximum absolute atomic E-state index is 12.7. The van der Waals surface area contributed by atoms with Gasteiger partial charge in [0.05, 0.1) is 11.6 Å². The number of hydrogen-bond acceptors (Lipinski definition) is 2. The van der Waals surface area contributed by atoms with Crippen molar-refractivity contribution in [3.8, 4) is 0 Å². The zero-order chi connectivity index (χ0) is 14.0. The molecule has 1 unspecified atom stereocenters. The summed E-state index contributed by atoms with van der Waals surface area (Å²) < 4.78 is 38.2. The van der Waals surface area contributed by atoms with Crippen LogP contribution in [0.3, 0.4) is 0 Å². The normalized spacial score (nSPS) is 19.5. The lowest BCUT2D eigenvalue weighted by atomic mass is 10.1. The van der Waals surface area contributed by atoms with Crippen LogP contribution in [0.5, 0.6) is 0 Å². The molecule has 0 radical (unpaired) electrons. The highest BCUT2D eigenvalue weighted by Gasteiger charge is 2.32. The van der Waals surface area contributed by atoms with Crippen molar-refractivity contribution in [3.63, 3.8) is 0 Å². The van der Waals surface area contributed by atoms with Crippen molar-refractivity contribution in [2.75, 3.05) is 11.9 Å². The number of amides is 1. The number of carbonyl (C=O) groups is 1. The Kier molecular flexibility index (Phi) is 3.80. The average molecular weight is 272 g/mol. The van der Waals surface area contributed by atoms with Gasteiger partial charge in [-0.05, 0) is 44.0 Å². The molecule has 3 nitrogen and oxygen atoms in total. The predicted molar refractivity (Wildman–Crippen MR) is 65.8 cm³/mol. The van der Waals surface area contributed by atoms with E-state index in [1.54, 1.807) is 0 Å². The van der Waals surface area contributed by atoms with Crippen LogP contribution in [0.1, 0.15) is 24.0 Å². The number of carbonyl (C=O) groups excluding carboxylic acids is 1. The minimum absolute atomic E-state index is 0.143. The van der Waals surface area contributed by atoms with Crippen molar-refractivity contribution < 1.29 is 18.0 Å². The highest BCUT2D eigenvalue weighted by molar-refractivity contribution is 5.95. The lowest BCUT2D eigenvalue weighted by molar-refractivity contribution is -0.138. The van der Waals surface area contributed by atoms with Crippen molar-refractivity contribution in [3.05, 3.63) is 29.3 Å². The minimum Gasteiger partial charge on any atom is -0.325 e. The molecule has 6 heteroatoms. The molecule has 1 aromatic carbocycles. The summed E-state index contributed by atoms with van der Waals surface area (Å²) in [7, 11) is 0. The molecule has 1 amide bonds.